The standard InChI is InChI=1S/C18H25NO4/c1-14-5-7-15(8-6-14)9-10-16(21)19(18(2,3)13-20)12-11-17(22)23-4/h5-10,20H,11-13H2,1-4H3/b10-9+. The van der Waals surface area contributed by atoms with Crippen molar-refractivity contribution in [3.05, 3.63) is 41.5 Å². The van der Waals surface area contributed by atoms with Gasteiger partial charge in [0, 0.05) is 12.6 Å². The van der Waals surface area contributed by atoms with E-state index >= 15 is 0 Å². The Labute approximate surface area is 137 Å². The van der Waals surface area contributed by atoms with Crippen LogP contribution in [0.2, 0.25) is 0 Å². The second-order valence-electron chi connectivity index (χ2n) is 6.03. The third-order valence-corrected chi connectivity index (χ3v) is 3.65. The molecule has 0 radical (unpaired) electrons. The predicted octanol–water partition coefficient (Wildman–Crippen LogP) is 2.17. The Morgan fingerprint density at radius 3 is 2.39 bits per heavy atom. The number of hydrogen-bond acceptors (Lipinski definition) is 4. The highest BCUT2D eigenvalue weighted by molar-refractivity contribution is 5.92. The number of carbonyl (C=O) groups excluding carboxylic acids is 2. The normalized spacial score (nSPS) is 11.5. The summed E-state index contributed by atoms with van der Waals surface area (Å²) in [5.41, 5.74) is 1.30. The summed E-state index contributed by atoms with van der Waals surface area (Å²) in [6.45, 7) is 5.50. The number of nitrogens with zero attached hydrogens (tertiary/aromatic N) is 1. The fourth-order valence-corrected chi connectivity index (χ4v) is 2.04. The number of benzene rings is 1. The lowest BCUT2D eigenvalue weighted by atomic mass is 10.0. The molecule has 1 aromatic rings. The molecule has 5 nitrogen and oxygen atoms in total. The number of aliphatic hydroxyl groups is 1. The first kappa shape index (κ1) is 18.9. The van der Waals surface area contributed by atoms with Crippen LogP contribution in [0.5, 0.6) is 0 Å². The zero-order valence-corrected chi connectivity index (χ0v) is 14.2. The number of amides is 1. The van der Waals surface area contributed by atoms with Crippen molar-refractivity contribution in [2.45, 2.75) is 32.7 Å². The number of aliphatic hydroxyl groups excluding tert-OH is 1. The third-order valence-electron chi connectivity index (χ3n) is 3.65. The molecule has 1 N–H and O–H groups in total. The first-order valence-electron chi connectivity index (χ1n) is 7.54. The Balaban J connectivity index is 2.85. The van der Waals surface area contributed by atoms with E-state index < -0.39 is 5.54 Å². The van der Waals surface area contributed by atoms with E-state index in [-0.39, 0.29) is 31.4 Å². The average Bonchev–Trinajstić information content (AvgIpc) is 2.54. The maximum Gasteiger partial charge on any atom is 0.307 e. The van der Waals surface area contributed by atoms with Crippen LogP contribution >= 0.6 is 0 Å². The van der Waals surface area contributed by atoms with Crippen molar-refractivity contribution >= 4 is 18.0 Å². The van der Waals surface area contributed by atoms with Gasteiger partial charge >= 0.3 is 5.97 Å². The zero-order chi connectivity index (χ0) is 17.5. The number of hydrogen-bond donors (Lipinski definition) is 1. The van der Waals surface area contributed by atoms with Gasteiger partial charge in [-0.15, -0.1) is 0 Å². The Morgan fingerprint density at radius 2 is 1.87 bits per heavy atom. The van der Waals surface area contributed by atoms with Crippen LogP contribution < -0.4 is 0 Å². The monoisotopic (exact) mass is 319 g/mol. The SMILES string of the molecule is COC(=O)CCN(C(=O)/C=C/c1ccc(C)cc1)C(C)(C)CO. The minimum atomic E-state index is -0.761. The van der Waals surface area contributed by atoms with Crippen molar-refractivity contribution in [1.29, 1.82) is 0 Å². The predicted molar refractivity (Wildman–Crippen MR) is 89.7 cm³/mol. The molecule has 1 amide bonds. The number of ether oxygens (including phenoxy) is 1. The van der Waals surface area contributed by atoms with Gasteiger partial charge in [-0.2, -0.15) is 0 Å². The van der Waals surface area contributed by atoms with Crippen molar-refractivity contribution in [2.24, 2.45) is 0 Å². The van der Waals surface area contributed by atoms with Crippen LogP contribution in [-0.4, -0.2) is 47.7 Å². The van der Waals surface area contributed by atoms with E-state index in [2.05, 4.69) is 4.74 Å². The minimum Gasteiger partial charge on any atom is -0.469 e. The van der Waals surface area contributed by atoms with Gasteiger partial charge in [-0.05, 0) is 32.4 Å². The molecule has 0 fully saturated rings. The van der Waals surface area contributed by atoms with Crippen molar-refractivity contribution in [3.63, 3.8) is 0 Å². The van der Waals surface area contributed by atoms with Gasteiger partial charge < -0.3 is 14.7 Å². The Hall–Kier alpha value is -2.14. The molecule has 5 heteroatoms. The van der Waals surface area contributed by atoms with Crippen LogP contribution in [-0.2, 0) is 14.3 Å². The summed E-state index contributed by atoms with van der Waals surface area (Å²) in [5.74, 6) is -0.646. The van der Waals surface area contributed by atoms with Crippen LogP contribution in [0, 0.1) is 6.92 Å². The lowest BCUT2D eigenvalue weighted by Gasteiger charge is -2.36. The summed E-state index contributed by atoms with van der Waals surface area (Å²) < 4.78 is 4.61. The van der Waals surface area contributed by atoms with Gasteiger partial charge in [-0.1, -0.05) is 29.8 Å². The van der Waals surface area contributed by atoms with Crippen LogP contribution in [0.25, 0.3) is 6.08 Å². The summed E-state index contributed by atoms with van der Waals surface area (Å²) in [7, 11) is 1.31. The van der Waals surface area contributed by atoms with E-state index in [1.54, 1.807) is 19.9 Å². The van der Waals surface area contributed by atoms with E-state index in [0.29, 0.717) is 0 Å². The van der Waals surface area contributed by atoms with Gasteiger partial charge in [0.15, 0.2) is 0 Å². The fraction of sp³-hybridized carbons (Fsp3) is 0.444. The van der Waals surface area contributed by atoms with Crippen LogP contribution in [0.3, 0.4) is 0 Å². The highest BCUT2D eigenvalue weighted by atomic mass is 16.5. The van der Waals surface area contributed by atoms with Gasteiger partial charge in [0.2, 0.25) is 5.91 Å². The third kappa shape index (κ3) is 5.87. The highest BCUT2D eigenvalue weighted by Crippen LogP contribution is 2.16. The van der Waals surface area contributed by atoms with Crippen molar-refractivity contribution in [3.8, 4) is 0 Å². The summed E-state index contributed by atoms with van der Waals surface area (Å²) in [6.07, 6.45) is 3.27. The molecule has 126 valence electrons. The van der Waals surface area contributed by atoms with Crippen molar-refractivity contribution in [2.75, 3.05) is 20.3 Å². The first-order valence-corrected chi connectivity index (χ1v) is 7.54. The minimum absolute atomic E-state index is 0.0873. The Kier molecular flexibility index (Phi) is 6.97. The molecule has 0 saturated carbocycles. The molecule has 1 aromatic carbocycles. The molecule has 0 heterocycles. The quantitative estimate of drug-likeness (QED) is 0.618. The van der Waals surface area contributed by atoms with Gasteiger partial charge in [-0.3, -0.25) is 9.59 Å². The molecule has 0 aliphatic carbocycles. The van der Waals surface area contributed by atoms with E-state index in [1.807, 2.05) is 31.2 Å². The van der Waals surface area contributed by atoms with Crippen LogP contribution in [0.1, 0.15) is 31.4 Å². The number of esters is 1. The summed E-state index contributed by atoms with van der Waals surface area (Å²) >= 11 is 0. The molecule has 23 heavy (non-hydrogen) atoms. The maximum atomic E-state index is 12.5. The molecular formula is C18H25NO4. The number of rotatable bonds is 7. The van der Waals surface area contributed by atoms with Crippen molar-refractivity contribution < 1.29 is 19.4 Å². The highest BCUT2D eigenvalue weighted by Gasteiger charge is 2.29. The van der Waals surface area contributed by atoms with Gasteiger partial charge in [0.05, 0.1) is 25.7 Å². The summed E-state index contributed by atoms with van der Waals surface area (Å²) in [6, 6.07) is 7.79. The molecule has 0 aliphatic rings. The molecule has 0 unspecified atom stereocenters. The van der Waals surface area contributed by atoms with E-state index in [1.165, 1.54) is 18.1 Å². The number of methoxy groups -OCH3 is 1. The van der Waals surface area contributed by atoms with Gasteiger partial charge in [0.1, 0.15) is 0 Å². The fourth-order valence-electron chi connectivity index (χ4n) is 2.04. The Bertz CT molecular complexity index is 561. The zero-order valence-electron chi connectivity index (χ0n) is 14.2. The van der Waals surface area contributed by atoms with E-state index in [0.717, 1.165) is 11.1 Å². The van der Waals surface area contributed by atoms with E-state index in [9.17, 15) is 14.7 Å². The maximum absolute atomic E-state index is 12.5. The molecule has 0 bridgehead atoms. The van der Waals surface area contributed by atoms with Gasteiger partial charge in [-0.25, -0.2) is 0 Å². The summed E-state index contributed by atoms with van der Waals surface area (Å²) in [4.78, 5) is 25.3. The largest absolute Gasteiger partial charge is 0.469 e. The molecule has 0 atom stereocenters. The molecular weight excluding hydrogens is 294 g/mol. The van der Waals surface area contributed by atoms with Crippen LogP contribution in [0.4, 0.5) is 0 Å². The van der Waals surface area contributed by atoms with Gasteiger partial charge in [0.25, 0.3) is 0 Å². The topological polar surface area (TPSA) is 66.8 Å². The average molecular weight is 319 g/mol. The molecule has 0 aliphatic heterocycles. The number of aryl methyl sites for hydroxylation is 1. The first-order chi connectivity index (χ1) is 10.8. The molecule has 0 aromatic heterocycles. The second-order valence-corrected chi connectivity index (χ2v) is 6.03. The smallest absolute Gasteiger partial charge is 0.307 e. The number of carbonyl (C=O) groups is 2. The van der Waals surface area contributed by atoms with Crippen molar-refractivity contribution in [1.82, 2.24) is 4.90 Å². The van der Waals surface area contributed by atoms with Crippen LogP contribution in [0.15, 0.2) is 30.3 Å². The molecule has 0 saturated heterocycles. The lowest BCUT2D eigenvalue weighted by molar-refractivity contribution is -0.142. The molecule has 1 rings (SSSR count). The summed E-state index contributed by atoms with van der Waals surface area (Å²) in [5, 5.41) is 9.52. The molecule has 0 spiro atoms. The van der Waals surface area contributed by atoms with E-state index in [4.69, 9.17) is 0 Å². The second kappa shape index (κ2) is 8.48. The lowest BCUT2D eigenvalue weighted by Crippen LogP contribution is -2.50. The Morgan fingerprint density at radius 1 is 1.26 bits per heavy atom.